The fraction of sp³-hybridized carbons (Fsp3) is 0.571. The molecular weight excluding hydrogens is 240 g/mol. The first-order valence-electron chi connectivity index (χ1n) is 6.87. The predicted molar refractivity (Wildman–Crippen MR) is 77.4 cm³/mol. The molecule has 1 aliphatic rings. The summed E-state index contributed by atoms with van der Waals surface area (Å²) in [6.07, 6.45) is 4.21. The maximum absolute atomic E-state index is 11.9. The van der Waals surface area contributed by atoms with Crippen molar-refractivity contribution >= 4 is 17.4 Å². The van der Waals surface area contributed by atoms with Gasteiger partial charge in [0.2, 0.25) is 5.91 Å². The molecule has 0 saturated carbocycles. The number of aromatic nitrogens is 1. The van der Waals surface area contributed by atoms with Gasteiger partial charge < -0.3 is 15.5 Å². The van der Waals surface area contributed by atoms with Crippen LogP contribution in [0.4, 0.5) is 11.5 Å². The average Bonchev–Trinajstić information content (AvgIpc) is 2.94. The van der Waals surface area contributed by atoms with E-state index < -0.39 is 0 Å². The molecule has 2 N–H and O–H groups in total. The highest BCUT2D eigenvalue weighted by Gasteiger charge is 2.14. The molecule has 5 heteroatoms. The summed E-state index contributed by atoms with van der Waals surface area (Å²) in [6, 6.07) is 3.90. The molecule has 0 aliphatic carbocycles. The summed E-state index contributed by atoms with van der Waals surface area (Å²) in [5.41, 5.74) is 0.760. The lowest BCUT2D eigenvalue weighted by Crippen LogP contribution is -2.28. The molecule has 2 heterocycles. The zero-order valence-electron chi connectivity index (χ0n) is 11.6. The van der Waals surface area contributed by atoms with Crippen molar-refractivity contribution in [1.29, 1.82) is 0 Å². The Kier molecular flexibility index (Phi) is 4.74. The Morgan fingerprint density at radius 2 is 2.16 bits per heavy atom. The number of anilines is 2. The maximum atomic E-state index is 11.9. The molecule has 1 aromatic rings. The Balaban J connectivity index is 1.92. The van der Waals surface area contributed by atoms with E-state index in [4.69, 9.17) is 0 Å². The molecule has 0 bridgehead atoms. The minimum Gasteiger partial charge on any atom is -0.357 e. The molecule has 19 heavy (non-hydrogen) atoms. The number of carbonyl (C=O) groups is 1. The Hall–Kier alpha value is -1.62. The quantitative estimate of drug-likeness (QED) is 0.844. The average molecular weight is 262 g/mol. The second kappa shape index (κ2) is 6.52. The van der Waals surface area contributed by atoms with Crippen LogP contribution in [0.15, 0.2) is 18.3 Å². The lowest BCUT2D eigenvalue weighted by Gasteiger charge is -2.17. The van der Waals surface area contributed by atoms with Crippen molar-refractivity contribution in [1.82, 2.24) is 10.3 Å². The molecular formula is C14H22N4O. The first-order chi connectivity index (χ1) is 9.20. The second-order valence-electron chi connectivity index (χ2n) is 5.05. The van der Waals surface area contributed by atoms with Gasteiger partial charge >= 0.3 is 0 Å². The minimum absolute atomic E-state index is 0.0186. The second-order valence-corrected chi connectivity index (χ2v) is 5.05. The number of hydrogen-bond acceptors (Lipinski definition) is 4. The molecule has 0 spiro atoms. The van der Waals surface area contributed by atoms with Gasteiger partial charge in [0.1, 0.15) is 5.82 Å². The Morgan fingerprint density at radius 3 is 2.74 bits per heavy atom. The molecule has 1 fully saturated rings. The largest absolute Gasteiger partial charge is 0.357 e. The van der Waals surface area contributed by atoms with E-state index in [0.29, 0.717) is 6.54 Å². The van der Waals surface area contributed by atoms with E-state index in [1.165, 1.54) is 12.8 Å². The molecule has 1 saturated heterocycles. The van der Waals surface area contributed by atoms with Gasteiger partial charge in [0.25, 0.3) is 0 Å². The third-order valence-electron chi connectivity index (χ3n) is 3.40. The third-order valence-corrected chi connectivity index (χ3v) is 3.40. The summed E-state index contributed by atoms with van der Waals surface area (Å²) >= 11 is 0. The number of amides is 1. The minimum atomic E-state index is -0.0525. The summed E-state index contributed by atoms with van der Waals surface area (Å²) < 4.78 is 0. The van der Waals surface area contributed by atoms with Crippen LogP contribution in [0, 0.1) is 5.92 Å². The fourth-order valence-corrected chi connectivity index (χ4v) is 2.26. The zero-order chi connectivity index (χ0) is 13.7. The van der Waals surface area contributed by atoms with Gasteiger partial charge in [-0.1, -0.05) is 6.92 Å². The van der Waals surface area contributed by atoms with Gasteiger partial charge in [-0.25, -0.2) is 4.98 Å². The number of nitrogens with one attached hydrogen (secondary N) is 2. The number of pyridine rings is 1. The molecule has 1 amide bonds. The summed E-state index contributed by atoms with van der Waals surface area (Å²) in [7, 11) is 1.84. The summed E-state index contributed by atoms with van der Waals surface area (Å²) in [5, 5.41) is 5.88. The fourth-order valence-electron chi connectivity index (χ4n) is 2.26. The van der Waals surface area contributed by atoms with Crippen LogP contribution < -0.4 is 15.5 Å². The van der Waals surface area contributed by atoms with E-state index in [1.54, 1.807) is 6.20 Å². The lowest BCUT2D eigenvalue weighted by molar-refractivity contribution is -0.119. The number of carbonyl (C=O) groups excluding carboxylic acids is 1. The van der Waals surface area contributed by atoms with E-state index >= 15 is 0 Å². The van der Waals surface area contributed by atoms with Gasteiger partial charge in [-0.15, -0.1) is 0 Å². The van der Waals surface area contributed by atoms with Crippen LogP contribution in [-0.4, -0.2) is 37.6 Å². The van der Waals surface area contributed by atoms with Crippen LogP contribution in [0.3, 0.4) is 0 Å². The van der Waals surface area contributed by atoms with E-state index in [2.05, 4.69) is 20.5 Å². The van der Waals surface area contributed by atoms with Gasteiger partial charge in [-0.3, -0.25) is 4.79 Å². The normalized spacial score (nSPS) is 16.4. The van der Waals surface area contributed by atoms with Crippen LogP contribution in [0.5, 0.6) is 0 Å². The van der Waals surface area contributed by atoms with Gasteiger partial charge in [0, 0.05) is 25.6 Å². The van der Waals surface area contributed by atoms with Crippen LogP contribution in [0.1, 0.15) is 19.8 Å². The van der Waals surface area contributed by atoms with Crippen molar-refractivity contribution in [2.45, 2.75) is 19.8 Å². The monoisotopic (exact) mass is 262 g/mol. The van der Waals surface area contributed by atoms with E-state index in [-0.39, 0.29) is 11.8 Å². The van der Waals surface area contributed by atoms with Crippen LogP contribution in [0.2, 0.25) is 0 Å². The zero-order valence-corrected chi connectivity index (χ0v) is 11.6. The first kappa shape index (κ1) is 13.8. The molecule has 2 rings (SSSR count). The highest BCUT2D eigenvalue weighted by molar-refractivity contribution is 5.92. The van der Waals surface area contributed by atoms with Crippen molar-refractivity contribution in [3.8, 4) is 0 Å². The summed E-state index contributed by atoms with van der Waals surface area (Å²) in [5.74, 6) is 0.965. The SMILES string of the molecule is CNCC(C)C(=O)Nc1ccc(N2CCCC2)nc1. The molecule has 0 radical (unpaired) electrons. The predicted octanol–water partition coefficient (Wildman–Crippen LogP) is 1.48. The number of rotatable bonds is 5. The molecule has 104 valence electrons. The smallest absolute Gasteiger partial charge is 0.228 e. The van der Waals surface area contributed by atoms with Crippen molar-refractivity contribution in [3.05, 3.63) is 18.3 Å². The van der Waals surface area contributed by atoms with E-state index in [0.717, 1.165) is 24.6 Å². The molecule has 1 atom stereocenters. The van der Waals surface area contributed by atoms with Gasteiger partial charge in [-0.05, 0) is 32.0 Å². The van der Waals surface area contributed by atoms with E-state index in [1.807, 2.05) is 26.1 Å². The van der Waals surface area contributed by atoms with Crippen molar-refractivity contribution in [2.24, 2.45) is 5.92 Å². The number of hydrogen-bond donors (Lipinski definition) is 2. The van der Waals surface area contributed by atoms with Gasteiger partial charge in [0.15, 0.2) is 0 Å². The van der Waals surface area contributed by atoms with Crippen LogP contribution in [0.25, 0.3) is 0 Å². The van der Waals surface area contributed by atoms with Crippen LogP contribution >= 0.6 is 0 Å². The Labute approximate surface area is 114 Å². The summed E-state index contributed by atoms with van der Waals surface area (Å²) in [4.78, 5) is 18.5. The van der Waals surface area contributed by atoms with Gasteiger partial charge in [-0.2, -0.15) is 0 Å². The molecule has 1 aliphatic heterocycles. The summed E-state index contributed by atoms with van der Waals surface area (Å²) in [6.45, 7) is 4.73. The highest BCUT2D eigenvalue weighted by atomic mass is 16.1. The topological polar surface area (TPSA) is 57.3 Å². The van der Waals surface area contributed by atoms with Crippen LogP contribution in [-0.2, 0) is 4.79 Å². The number of nitrogens with zero attached hydrogens (tertiary/aromatic N) is 2. The Morgan fingerprint density at radius 1 is 1.42 bits per heavy atom. The van der Waals surface area contributed by atoms with Crippen molar-refractivity contribution in [3.63, 3.8) is 0 Å². The first-order valence-corrected chi connectivity index (χ1v) is 6.87. The maximum Gasteiger partial charge on any atom is 0.228 e. The molecule has 1 unspecified atom stereocenters. The standard InChI is InChI=1S/C14H22N4O/c1-11(9-15-2)14(19)17-12-5-6-13(16-10-12)18-7-3-4-8-18/h5-6,10-11,15H,3-4,7-9H2,1-2H3,(H,17,19). The van der Waals surface area contributed by atoms with Gasteiger partial charge in [0.05, 0.1) is 11.9 Å². The van der Waals surface area contributed by atoms with E-state index in [9.17, 15) is 4.79 Å². The van der Waals surface area contributed by atoms with Crippen molar-refractivity contribution in [2.75, 3.05) is 36.9 Å². The Bertz CT molecular complexity index is 412. The molecule has 0 aromatic carbocycles. The highest BCUT2D eigenvalue weighted by Crippen LogP contribution is 2.19. The van der Waals surface area contributed by atoms with Crippen molar-refractivity contribution < 1.29 is 4.79 Å². The molecule has 1 aromatic heterocycles. The third kappa shape index (κ3) is 3.67. The lowest BCUT2D eigenvalue weighted by atomic mass is 10.1. The molecule has 5 nitrogen and oxygen atoms in total.